The van der Waals surface area contributed by atoms with Crippen LogP contribution in [0.4, 0.5) is 4.79 Å². The van der Waals surface area contributed by atoms with E-state index in [-0.39, 0.29) is 17.7 Å². The first-order chi connectivity index (χ1) is 8.04. The fourth-order valence-electron chi connectivity index (χ4n) is 1.53. The van der Waals surface area contributed by atoms with Crippen molar-refractivity contribution in [2.45, 2.75) is 25.8 Å². The minimum absolute atomic E-state index is 0.110. The Bertz CT molecular complexity index is 321. The minimum atomic E-state index is -0.906. The zero-order chi connectivity index (χ0) is 12.8. The highest BCUT2D eigenvalue weighted by atomic mass is 32.2. The van der Waals surface area contributed by atoms with Crippen LogP contribution in [-0.2, 0) is 9.59 Å². The molecule has 0 aromatic heterocycles. The lowest BCUT2D eigenvalue weighted by Crippen LogP contribution is -2.45. The van der Waals surface area contributed by atoms with Gasteiger partial charge in [0, 0.05) is 12.3 Å². The third-order valence-electron chi connectivity index (χ3n) is 2.50. The highest BCUT2D eigenvalue weighted by Gasteiger charge is 2.28. The molecule has 1 rings (SSSR count). The lowest BCUT2D eigenvalue weighted by atomic mass is 10.0. The summed E-state index contributed by atoms with van der Waals surface area (Å²) in [5.74, 6) is -1.38. The first-order valence-electron chi connectivity index (χ1n) is 5.48. The summed E-state index contributed by atoms with van der Waals surface area (Å²) in [6, 6.07) is -0.538. The van der Waals surface area contributed by atoms with Crippen molar-refractivity contribution in [2.75, 3.05) is 12.3 Å². The average Bonchev–Trinajstić information content (AvgIpc) is 2.70. The molecule has 2 atom stereocenters. The van der Waals surface area contributed by atoms with Crippen LogP contribution < -0.4 is 10.6 Å². The smallest absolute Gasteiger partial charge is 0.308 e. The fraction of sp³-hybridized carbons (Fsp3) is 0.700. The van der Waals surface area contributed by atoms with Crippen LogP contribution in [-0.4, -0.2) is 40.6 Å². The van der Waals surface area contributed by atoms with Crippen molar-refractivity contribution in [1.82, 2.24) is 10.6 Å². The van der Waals surface area contributed by atoms with Crippen LogP contribution in [0.1, 0.15) is 19.8 Å². The van der Waals surface area contributed by atoms with E-state index in [9.17, 15) is 14.4 Å². The zero-order valence-electron chi connectivity index (χ0n) is 9.56. The van der Waals surface area contributed by atoms with Crippen LogP contribution in [0.15, 0.2) is 0 Å². The van der Waals surface area contributed by atoms with Gasteiger partial charge < -0.3 is 15.7 Å². The predicted octanol–water partition coefficient (Wildman–Crippen LogP) is 0.428. The summed E-state index contributed by atoms with van der Waals surface area (Å²) < 4.78 is 0. The molecule has 0 saturated carbocycles. The number of aliphatic carboxylic acids is 1. The lowest BCUT2D eigenvalue weighted by molar-refractivity contribution is -0.142. The maximum Gasteiger partial charge on any atom is 0.308 e. The molecule has 6 nitrogen and oxygen atoms in total. The maximum atomic E-state index is 11.6. The molecule has 1 saturated heterocycles. The molecule has 0 aromatic carbocycles. The number of nitrogens with one attached hydrogen (secondary N) is 2. The zero-order valence-corrected chi connectivity index (χ0v) is 10.4. The van der Waals surface area contributed by atoms with Gasteiger partial charge >= 0.3 is 5.97 Å². The van der Waals surface area contributed by atoms with Crippen molar-refractivity contribution in [1.29, 1.82) is 0 Å². The fourth-order valence-corrected chi connectivity index (χ4v) is 2.31. The number of hydrogen-bond acceptors (Lipinski definition) is 4. The van der Waals surface area contributed by atoms with Gasteiger partial charge in [-0.1, -0.05) is 25.1 Å². The number of hydrogen-bond donors (Lipinski definition) is 3. The molecule has 0 aliphatic carbocycles. The van der Waals surface area contributed by atoms with E-state index in [1.54, 1.807) is 0 Å². The predicted molar refractivity (Wildman–Crippen MR) is 63.8 cm³/mol. The van der Waals surface area contributed by atoms with Gasteiger partial charge in [0.25, 0.3) is 5.24 Å². The molecule has 1 heterocycles. The van der Waals surface area contributed by atoms with Crippen LogP contribution in [0.5, 0.6) is 0 Å². The van der Waals surface area contributed by atoms with E-state index >= 15 is 0 Å². The van der Waals surface area contributed by atoms with Crippen molar-refractivity contribution >= 4 is 28.9 Å². The van der Waals surface area contributed by atoms with E-state index < -0.39 is 17.9 Å². The van der Waals surface area contributed by atoms with Crippen molar-refractivity contribution in [3.63, 3.8) is 0 Å². The number of carboxylic acids is 1. The van der Waals surface area contributed by atoms with Gasteiger partial charge in [0.2, 0.25) is 5.91 Å². The normalized spacial score (nSPS) is 20.8. The second-order valence-corrected chi connectivity index (χ2v) is 4.86. The van der Waals surface area contributed by atoms with E-state index in [1.165, 1.54) is 0 Å². The van der Waals surface area contributed by atoms with Gasteiger partial charge in [-0.15, -0.1) is 0 Å². The summed E-state index contributed by atoms with van der Waals surface area (Å²) >= 11 is 1.06. The Balaban J connectivity index is 2.35. The third-order valence-corrected chi connectivity index (χ3v) is 3.38. The molecule has 0 bridgehead atoms. The first kappa shape index (κ1) is 13.8. The Morgan fingerprint density at radius 3 is 2.82 bits per heavy atom. The lowest BCUT2D eigenvalue weighted by Gasteiger charge is -2.14. The Kier molecular flexibility index (Phi) is 5.27. The average molecular weight is 260 g/mol. The van der Waals surface area contributed by atoms with E-state index in [2.05, 4.69) is 10.6 Å². The van der Waals surface area contributed by atoms with Crippen LogP contribution in [0.3, 0.4) is 0 Å². The van der Waals surface area contributed by atoms with E-state index in [4.69, 9.17) is 5.11 Å². The third kappa shape index (κ3) is 4.26. The van der Waals surface area contributed by atoms with Crippen molar-refractivity contribution < 1.29 is 19.5 Å². The summed E-state index contributed by atoms with van der Waals surface area (Å²) in [4.78, 5) is 33.3. The van der Waals surface area contributed by atoms with Crippen molar-refractivity contribution in [3.05, 3.63) is 0 Å². The highest BCUT2D eigenvalue weighted by Crippen LogP contribution is 2.13. The van der Waals surface area contributed by atoms with Crippen molar-refractivity contribution in [2.24, 2.45) is 5.92 Å². The quantitative estimate of drug-likeness (QED) is 0.643. The molecule has 7 heteroatoms. The van der Waals surface area contributed by atoms with Gasteiger partial charge in [0.1, 0.15) is 6.04 Å². The van der Waals surface area contributed by atoms with Crippen LogP contribution in [0.2, 0.25) is 0 Å². The second-order valence-electron chi connectivity index (χ2n) is 3.86. The maximum absolute atomic E-state index is 11.6. The number of carboxylic acid groups (broad SMARTS) is 1. The van der Waals surface area contributed by atoms with Gasteiger partial charge in [0.15, 0.2) is 0 Å². The van der Waals surface area contributed by atoms with E-state index in [1.807, 2.05) is 6.92 Å². The topological polar surface area (TPSA) is 95.5 Å². The Morgan fingerprint density at radius 2 is 2.35 bits per heavy atom. The van der Waals surface area contributed by atoms with Gasteiger partial charge in [-0.3, -0.25) is 14.4 Å². The van der Waals surface area contributed by atoms with E-state index in [0.717, 1.165) is 18.2 Å². The Hall–Kier alpha value is -1.24. The molecule has 0 aromatic rings. The van der Waals surface area contributed by atoms with Crippen molar-refractivity contribution in [3.8, 4) is 0 Å². The first-order valence-corrected chi connectivity index (χ1v) is 6.47. The van der Waals surface area contributed by atoms with Crippen LogP contribution in [0, 0.1) is 5.92 Å². The Morgan fingerprint density at radius 1 is 1.65 bits per heavy atom. The number of thioether (sulfide) groups is 1. The number of carbonyl (C=O) groups excluding carboxylic acids is 2. The minimum Gasteiger partial charge on any atom is -0.481 e. The summed E-state index contributed by atoms with van der Waals surface area (Å²) in [6.07, 6.45) is 1.28. The molecule has 3 N–H and O–H groups in total. The SMILES string of the molecule is CCCC(CNC(=O)C1CSC(=O)N1)C(=O)O. The molecule has 17 heavy (non-hydrogen) atoms. The van der Waals surface area contributed by atoms with Gasteiger partial charge in [-0.25, -0.2) is 0 Å². The molecular weight excluding hydrogens is 244 g/mol. The van der Waals surface area contributed by atoms with E-state index in [0.29, 0.717) is 12.2 Å². The van der Waals surface area contributed by atoms with Gasteiger partial charge in [-0.2, -0.15) is 0 Å². The number of rotatable bonds is 6. The molecule has 1 fully saturated rings. The largest absolute Gasteiger partial charge is 0.481 e. The Labute approximate surface area is 104 Å². The molecule has 0 radical (unpaired) electrons. The number of amides is 2. The highest BCUT2D eigenvalue weighted by molar-refractivity contribution is 8.14. The molecule has 0 spiro atoms. The second kappa shape index (κ2) is 6.48. The molecule has 96 valence electrons. The molecule has 2 amide bonds. The molecular formula is C10H16N2O4S. The van der Waals surface area contributed by atoms with Crippen LogP contribution >= 0.6 is 11.8 Å². The number of carbonyl (C=O) groups is 3. The molecule has 1 aliphatic rings. The monoisotopic (exact) mass is 260 g/mol. The summed E-state index contributed by atoms with van der Waals surface area (Å²) in [6.45, 7) is 2.00. The van der Waals surface area contributed by atoms with Crippen LogP contribution in [0.25, 0.3) is 0 Å². The summed E-state index contributed by atoms with van der Waals surface area (Å²) in [5.41, 5.74) is 0. The molecule has 2 unspecified atom stereocenters. The van der Waals surface area contributed by atoms with Gasteiger partial charge in [-0.05, 0) is 6.42 Å². The standard InChI is InChI=1S/C10H16N2O4S/c1-2-3-6(9(14)15)4-11-8(13)7-5-17-10(16)12-7/h6-7H,2-5H2,1H3,(H,11,13)(H,12,16)(H,14,15). The summed E-state index contributed by atoms with van der Waals surface area (Å²) in [7, 11) is 0. The summed E-state index contributed by atoms with van der Waals surface area (Å²) in [5, 5.41) is 13.8. The molecule has 1 aliphatic heterocycles. The van der Waals surface area contributed by atoms with Gasteiger partial charge in [0.05, 0.1) is 5.92 Å².